The second kappa shape index (κ2) is 7.73. The van der Waals surface area contributed by atoms with Crippen LogP contribution in [0.2, 0.25) is 0 Å². The molecular weight excluding hydrogens is 300 g/mol. The summed E-state index contributed by atoms with van der Waals surface area (Å²) < 4.78 is 2.06. The van der Waals surface area contributed by atoms with Crippen LogP contribution < -0.4 is 0 Å². The average Bonchev–Trinajstić information content (AvgIpc) is 2.95. The minimum atomic E-state index is 0.350. The molecule has 0 spiro atoms. The number of aromatic nitrogens is 3. The van der Waals surface area contributed by atoms with Gasteiger partial charge < -0.3 is 4.90 Å². The zero-order valence-corrected chi connectivity index (χ0v) is 15.0. The fraction of sp³-hybridized carbons (Fsp3) is 0.444. The summed E-state index contributed by atoms with van der Waals surface area (Å²) in [5.41, 5.74) is 3.58. The first-order valence-electron chi connectivity index (χ1n) is 8.09. The monoisotopic (exact) mass is 324 g/mol. The van der Waals surface area contributed by atoms with E-state index in [2.05, 4.69) is 35.5 Å². The van der Waals surface area contributed by atoms with E-state index in [1.807, 2.05) is 37.3 Å². The number of hydrogen-bond donors (Lipinski definition) is 0. The molecule has 0 saturated heterocycles. The molecule has 2 aromatic heterocycles. The molecule has 2 rings (SSSR count). The van der Waals surface area contributed by atoms with Gasteiger partial charge in [0.05, 0.1) is 18.4 Å². The molecule has 1 unspecified atom stereocenters. The van der Waals surface area contributed by atoms with Gasteiger partial charge in [-0.05, 0) is 38.0 Å². The van der Waals surface area contributed by atoms with Crippen LogP contribution >= 0.6 is 0 Å². The Balaban J connectivity index is 2.33. The van der Waals surface area contributed by atoms with Gasteiger partial charge in [0.2, 0.25) is 0 Å². The van der Waals surface area contributed by atoms with E-state index in [0.717, 1.165) is 29.1 Å². The minimum absolute atomic E-state index is 0.350. The van der Waals surface area contributed by atoms with Crippen molar-refractivity contribution in [3.05, 3.63) is 47.0 Å². The Hall–Kier alpha value is -2.68. The number of nitriles is 1. The van der Waals surface area contributed by atoms with Crippen molar-refractivity contribution >= 4 is 5.84 Å². The summed E-state index contributed by atoms with van der Waals surface area (Å²) in [7, 11) is 3.91. The van der Waals surface area contributed by atoms with Gasteiger partial charge in [-0.3, -0.25) is 9.67 Å². The third-order valence-electron chi connectivity index (χ3n) is 4.05. The first-order valence-corrected chi connectivity index (χ1v) is 8.09. The Morgan fingerprint density at radius 1 is 1.38 bits per heavy atom. The molecule has 0 aliphatic heterocycles. The Morgan fingerprint density at radius 3 is 2.67 bits per heavy atom. The maximum atomic E-state index is 8.88. The van der Waals surface area contributed by atoms with Crippen molar-refractivity contribution in [3.63, 3.8) is 0 Å². The molecule has 6 nitrogen and oxygen atoms in total. The van der Waals surface area contributed by atoms with Crippen LogP contribution in [0.15, 0.2) is 29.5 Å². The highest BCUT2D eigenvalue weighted by Gasteiger charge is 2.13. The standard InChI is InChI=1S/C18H24N6/c1-6-14(3)24-17(13(2)10-22-24)12-21-18(23(4)5)15-7-8-16(9-19)20-11-15/h7-8,10-11,14H,6,12H2,1-5H3/b21-18-. The largest absolute Gasteiger partial charge is 0.362 e. The molecule has 2 aromatic rings. The van der Waals surface area contributed by atoms with E-state index in [9.17, 15) is 0 Å². The Morgan fingerprint density at radius 2 is 2.12 bits per heavy atom. The van der Waals surface area contributed by atoms with E-state index < -0.39 is 0 Å². The van der Waals surface area contributed by atoms with Crippen molar-refractivity contribution in [2.24, 2.45) is 4.99 Å². The highest BCUT2D eigenvalue weighted by atomic mass is 15.3. The van der Waals surface area contributed by atoms with E-state index >= 15 is 0 Å². The highest BCUT2D eigenvalue weighted by molar-refractivity contribution is 5.98. The van der Waals surface area contributed by atoms with Crippen LogP contribution in [0.25, 0.3) is 0 Å². The van der Waals surface area contributed by atoms with Crippen molar-refractivity contribution < 1.29 is 0 Å². The molecule has 0 saturated carbocycles. The zero-order valence-electron chi connectivity index (χ0n) is 15.0. The summed E-state index contributed by atoms with van der Waals surface area (Å²) in [6.45, 7) is 6.94. The summed E-state index contributed by atoms with van der Waals surface area (Å²) >= 11 is 0. The zero-order chi connectivity index (χ0) is 17.7. The number of aryl methyl sites for hydroxylation is 1. The first kappa shape index (κ1) is 17.7. The molecule has 0 amide bonds. The first-order chi connectivity index (χ1) is 11.5. The second-order valence-corrected chi connectivity index (χ2v) is 6.05. The van der Waals surface area contributed by atoms with Crippen molar-refractivity contribution in [1.29, 1.82) is 5.26 Å². The second-order valence-electron chi connectivity index (χ2n) is 6.05. The summed E-state index contributed by atoms with van der Waals surface area (Å²) in [6.07, 6.45) is 4.61. The Labute approximate surface area is 143 Å². The van der Waals surface area contributed by atoms with E-state index in [1.54, 1.807) is 12.3 Å². The lowest BCUT2D eigenvalue weighted by molar-refractivity contribution is 0.460. The van der Waals surface area contributed by atoms with Gasteiger partial charge in [0, 0.05) is 31.9 Å². The molecule has 2 heterocycles. The maximum Gasteiger partial charge on any atom is 0.140 e. The van der Waals surface area contributed by atoms with Gasteiger partial charge in [-0.25, -0.2) is 4.98 Å². The molecule has 0 bridgehead atoms. The van der Waals surface area contributed by atoms with Crippen LogP contribution in [0.3, 0.4) is 0 Å². The molecule has 0 radical (unpaired) electrons. The lowest BCUT2D eigenvalue weighted by Crippen LogP contribution is -2.24. The smallest absolute Gasteiger partial charge is 0.140 e. The van der Waals surface area contributed by atoms with Crippen LogP contribution in [-0.4, -0.2) is 39.6 Å². The van der Waals surface area contributed by atoms with Crippen LogP contribution in [0, 0.1) is 18.3 Å². The topological polar surface area (TPSA) is 70.1 Å². The SMILES string of the molecule is CCC(C)n1ncc(C)c1C/N=C(/c1ccc(C#N)nc1)N(C)C. The van der Waals surface area contributed by atoms with Crippen molar-refractivity contribution in [2.75, 3.05) is 14.1 Å². The van der Waals surface area contributed by atoms with Crippen molar-refractivity contribution in [1.82, 2.24) is 19.7 Å². The molecule has 24 heavy (non-hydrogen) atoms. The number of aliphatic imine (C=N–C) groups is 1. The Kier molecular flexibility index (Phi) is 5.69. The van der Waals surface area contributed by atoms with E-state index in [-0.39, 0.29) is 0 Å². The molecule has 126 valence electrons. The lowest BCUT2D eigenvalue weighted by Gasteiger charge is -2.17. The van der Waals surface area contributed by atoms with Gasteiger partial charge in [-0.15, -0.1) is 0 Å². The van der Waals surface area contributed by atoms with E-state index in [1.165, 1.54) is 0 Å². The summed E-state index contributed by atoms with van der Waals surface area (Å²) in [5.74, 6) is 0.836. The minimum Gasteiger partial charge on any atom is -0.362 e. The predicted molar refractivity (Wildman–Crippen MR) is 94.8 cm³/mol. The fourth-order valence-corrected chi connectivity index (χ4v) is 2.46. The summed E-state index contributed by atoms with van der Waals surface area (Å²) in [6, 6.07) is 5.97. The van der Waals surface area contributed by atoms with Crippen LogP contribution in [-0.2, 0) is 6.54 Å². The van der Waals surface area contributed by atoms with Crippen LogP contribution in [0.5, 0.6) is 0 Å². The third kappa shape index (κ3) is 3.80. The van der Waals surface area contributed by atoms with Gasteiger partial charge >= 0.3 is 0 Å². The van der Waals surface area contributed by atoms with Gasteiger partial charge in [0.1, 0.15) is 17.6 Å². The molecule has 1 atom stereocenters. The number of pyridine rings is 1. The molecule has 0 fully saturated rings. The number of nitrogens with zero attached hydrogens (tertiary/aromatic N) is 6. The molecule has 0 aromatic carbocycles. The quantitative estimate of drug-likeness (QED) is 0.626. The highest BCUT2D eigenvalue weighted by Crippen LogP contribution is 2.17. The molecule has 6 heteroatoms. The van der Waals surface area contributed by atoms with E-state index in [4.69, 9.17) is 10.3 Å². The average molecular weight is 324 g/mol. The molecule has 0 aliphatic rings. The number of rotatable bonds is 5. The fourth-order valence-electron chi connectivity index (χ4n) is 2.46. The van der Waals surface area contributed by atoms with Gasteiger partial charge in [0.25, 0.3) is 0 Å². The molecule has 0 aliphatic carbocycles. The lowest BCUT2D eigenvalue weighted by atomic mass is 10.2. The summed E-state index contributed by atoms with van der Waals surface area (Å²) in [4.78, 5) is 10.9. The van der Waals surface area contributed by atoms with Gasteiger partial charge in [-0.1, -0.05) is 6.92 Å². The molecule has 0 N–H and O–H groups in total. The van der Waals surface area contributed by atoms with Crippen molar-refractivity contribution in [2.45, 2.75) is 39.8 Å². The van der Waals surface area contributed by atoms with Gasteiger partial charge in [0.15, 0.2) is 0 Å². The third-order valence-corrected chi connectivity index (χ3v) is 4.05. The normalized spacial score (nSPS) is 12.8. The number of hydrogen-bond acceptors (Lipinski definition) is 4. The predicted octanol–water partition coefficient (Wildman–Crippen LogP) is 2.94. The van der Waals surface area contributed by atoms with Crippen LogP contribution in [0.1, 0.15) is 48.8 Å². The van der Waals surface area contributed by atoms with Crippen LogP contribution in [0.4, 0.5) is 0 Å². The van der Waals surface area contributed by atoms with Crippen molar-refractivity contribution in [3.8, 4) is 6.07 Å². The maximum absolute atomic E-state index is 8.88. The summed E-state index contributed by atoms with van der Waals surface area (Å²) in [5, 5.41) is 13.4. The van der Waals surface area contributed by atoms with Gasteiger partial charge in [-0.2, -0.15) is 10.4 Å². The number of amidine groups is 1. The molecular formula is C18H24N6. The van der Waals surface area contributed by atoms with E-state index in [0.29, 0.717) is 18.3 Å². The Bertz CT molecular complexity index is 749.